The average Bonchev–Trinajstić information content (AvgIpc) is 2.83. The molecule has 0 aliphatic carbocycles. The van der Waals surface area contributed by atoms with Crippen LogP contribution in [0.15, 0.2) is 24.7 Å². The first-order chi connectivity index (χ1) is 8.58. The molecule has 5 nitrogen and oxygen atoms in total. The fraction of sp³-hybridized carbons (Fsp3) is 0.0909. The second kappa shape index (κ2) is 5.87. The van der Waals surface area contributed by atoms with Crippen LogP contribution in [0, 0.1) is 7.14 Å². The summed E-state index contributed by atoms with van der Waals surface area (Å²) in [5.41, 5.74) is 1.09. The molecule has 0 unspecified atom stereocenters. The van der Waals surface area contributed by atoms with Crippen molar-refractivity contribution in [2.24, 2.45) is 0 Å². The fourth-order valence-electron chi connectivity index (χ4n) is 1.39. The molecule has 0 radical (unpaired) electrons. The molecular formula is C11H9I2N3O2. The number of carbonyl (C=O) groups excluding carboxylic acids is 1. The van der Waals surface area contributed by atoms with Crippen molar-refractivity contribution < 1.29 is 9.90 Å². The molecule has 18 heavy (non-hydrogen) atoms. The first-order valence-electron chi connectivity index (χ1n) is 5.01. The molecule has 0 aliphatic heterocycles. The molecule has 2 rings (SSSR count). The Hall–Kier alpha value is -0.840. The van der Waals surface area contributed by atoms with Crippen molar-refractivity contribution in [2.45, 2.75) is 6.54 Å². The van der Waals surface area contributed by atoms with E-state index in [0.29, 0.717) is 10.1 Å². The van der Waals surface area contributed by atoms with E-state index in [-0.39, 0.29) is 17.2 Å². The number of rotatable bonds is 3. The molecule has 0 saturated carbocycles. The van der Waals surface area contributed by atoms with Crippen LogP contribution in [0.25, 0.3) is 0 Å². The molecule has 3 N–H and O–H groups in total. The number of phenols is 1. The highest BCUT2D eigenvalue weighted by molar-refractivity contribution is 14.1. The van der Waals surface area contributed by atoms with Crippen LogP contribution in [-0.4, -0.2) is 21.0 Å². The summed E-state index contributed by atoms with van der Waals surface area (Å²) >= 11 is 4.10. The van der Waals surface area contributed by atoms with Crippen LogP contribution in [0.4, 0.5) is 0 Å². The van der Waals surface area contributed by atoms with Gasteiger partial charge in [0.15, 0.2) is 0 Å². The molecular weight excluding hydrogens is 460 g/mol. The second-order valence-electron chi connectivity index (χ2n) is 3.54. The molecule has 1 heterocycles. The van der Waals surface area contributed by atoms with Gasteiger partial charge in [-0.15, -0.1) is 0 Å². The lowest BCUT2D eigenvalue weighted by Gasteiger charge is -2.08. The number of hydrogen-bond donors (Lipinski definition) is 3. The number of nitrogens with one attached hydrogen (secondary N) is 2. The summed E-state index contributed by atoms with van der Waals surface area (Å²) in [5, 5.41) is 12.6. The van der Waals surface area contributed by atoms with Crippen molar-refractivity contribution in [3.8, 4) is 5.75 Å². The SMILES string of the molecule is O=C(NCc1cnc[nH]1)c1cc(I)cc(I)c1O. The molecule has 0 atom stereocenters. The summed E-state index contributed by atoms with van der Waals surface area (Å²) in [6.07, 6.45) is 3.19. The number of aromatic hydroxyl groups is 1. The average molecular weight is 469 g/mol. The third-order valence-electron chi connectivity index (χ3n) is 2.27. The van der Waals surface area contributed by atoms with Gasteiger partial charge in [-0.2, -0.15) is 0 Å². The maximum Gasteiger partial charge on any atom is 0.255 e. The van der Waals surface area contributed by atoms with Crippen LogP contribution < -0.4 is 5.32 Å². The minimum atomic E-state index is -0.307. The number of imidazole rings is 1. The number of aromatic nitrogens is 2. The van der Waals surface area contributed by atoms with Gasteiger partial charge in [0.25, 0.3) is 5.91 Å². The van der Waals surface area contributed by atoms with E-state index < -0.39 is 0 Å². The van der Waals surface area contributed by atoms with Gasteiger partial charge in [0.2, 0.25) is 0 Å². The Labute approximate surface area is 131 Å². The lowest BCUT2D eigenvalue weighted by atomic mass is 10.2. The lowest BCUT2D eigenvalue weighted by Crippen LogP contribution is -2.23. The van der Waals surface area contributed by atoms with E-state index in [9.17, 15) is 9.90 Å². The highest BCUT2D eigenvalue weighted by Gasteiger charge is 2.14. The Balaban J connectivity index is 2.14. The molecule has 1 aromatic heterocycles. The van der Waals surface area contributed by atoms with Gasteiger partial charge in [-0.1, -0.05) is 0 Å². The van der Waals surface area contributed by atoms with Crippen LogP contribution in [0.5, 0.6) is 5.75 Å². The zero-order valence-electron chi connectivity index (χ0n) is 9.08. The molecule has 7 heteroatoms. The third-order valence-corrected chi connectivity index (χ3v) is 3.71. The Morgan fingerprint density at radius 1 is 1.44 bits per heavy atom. The zero-order valence-corrected chi connectivity index (χ0v) is 13.4. The first kappa shape index (κ1) is 13.6. The molecule has 0 fully saturated rings. The highest BCUT2D eigenvalue weighted by Crippen LogP contribution is 2.26. The molecule has 0 saturated heterocycles. The maximum absolute atomic E-state index is 12.0. The van der Waals surface area contributed by atoms with Gasteiger partial charge in [0, 0.05) is 9.77 Å². The third kappa shape index (κ3) is 3.13. The molecule has 1 aromatic carbocycles. The quantitative estimate of drug-likeness (QED) is 0.605. The van der Waals surface area contributed by atoms with E-state index in [1.165, 1.54) is 0 Å². The number of hydrogen-bond acceptors (Lipinski definition) is 3. The van der Waals surface area contributed by atoms with Crippen LogP contribution in [0.2, 0.25) is 0 Å². The zero-order chi connectivity index (χ0) is 13.1. The van der Waals surface area contributed by atoms with Gasteiger partial charge >= 0.3 is 0 Å². The molecule has 0 bridgehead atoms. The Morgan fingerprint density at radius 3 is 2.89 bits per heavy atom. The predicted octanol–water partition coefficient (Wildman–Crippen LogP) is 2.25. The van der Waals surface area contributed by atoms with Crippen LogP contribution in [0.3, 0.4) is 0 Å². The topological polar surface area (TPSA) is 78.0 Å². The smallest absolute Gasteiger partial charge is 0.255 e. The van der Waals surface area contributed by atoms with E-state index in [2.05, 4.69) is 37.9 Å². The van der Waals surface area contributed by atoms with Crippen molar-refractivity contribution in [3.63, 3.8) is 0 Å². The Bertz CT molecular complexity index is 570. The molecule has 0 aliphatic rings. The summed E-state index contributed by atoms with van der Waals surface area (Å²) < 4.78 is 1.56. The van der Waals surface area contributed by atoms with Crippen molar-refractivity contribution in [1.29, 1.82) is 0 Å². The van der Waals surface area contributed by atoms with E-state index >= 15 is 0 Å². The monoisotopic (exact) mass is 469 g/mol. The standard InChI is InChI=1S/C11H9I2N3O2/c12-6-1-8(10(17)9(13)2-6)11(18)15-4-7-3-14-5-16-7/h1-3,5,17H,4H2,(H,14,16)(H,15,18). The fourth-order valence-corrected chi connectivity index (χ4v) is 3.24. The lowest BCUT2D eigenvalue weighted by molar-refractivity contribution is 0.0947. The molecule has 2 aromatic rings. The largest absolute Gasteiger partial charge is 0.506 e. The van der Waals surface area contributed by atoms with Gasteiger partial charge in [0.1, 0.15) is 5.75 Å². The summed E-state index contributed by atoms with van der Waals surface area (Å²) in [6, 6.07) is 3.46. The predicted molar refractivity (Wildman–Crippen MR) is 83.3 cm³/mol. The number of carbonyl (C=O) groups is 1. The highest BCUT2D eigenvalue weighted by atomic mass is 127. The number of phenolic OH excluding ortho intramolecular Hbond substituents is 1. The van der Waals surface area contributed by atoms with Crippen molar-refractivity contribution in [1.82, 2.24) is 15.3 Å². The normalized spacial score (nSPS) is 10.3. The minimum Gasteiger partial charge on any atom is -0.506 e. The second-order valence-corrected chi connectivity index (χ2v) is 5.95. The van der Waals surface area contributed by atoms with Crippen molar-refractivity contribution >= 4 is 51.1 Å². The summed E-state index contributed by atoms with van der Waals surface area (Å²) in [4.78, 5) is 18.7. The van der Waals surface area contributed by atoms with Gasteiger partial charge in [-0.05, 0) is 57.3 Å². The van der Waals surface area contributed by atoms with Gasteiger partial charge < -0.3 is 15.4 Å². The number of benzene rings is 1. The van der Waals surface area contributed by atoms with E-state index in [1.54, 1.807) is 18.6 Å². The molecule has 1 amide bonds. The van der Waals surface area contributed by atoms with Gasteiger partial charge in [-0.25, -0.2) is 4.98 Å². The van der Waals surface area contributed by atoms with Gasteiger partial charge in [0.05, 0.1) is 27.7 Å². The van der Waals surface area contributed by atoms with Gasteiger partial charge in [-0.3, -0.25) is 4.79 Å². The summed E-state index contributed by atoms with van der Waals surface area (Å²) in [7, 11) is 0. The number of amides is 1. The van der Waals surface area contributed by atoms with E-state index in [0.717, 1.165) is 9.26 Å². The summed E-state index contributed by atoms with van der Waals surface area (Å²) in [5.74, 6) is -0.295. The first-order valence-corrected chi connectivity index (χ1v) is 7.17. The molecule has 0 spiro atoms. The molecule has 94 valence electrons. The van der Waals surface area contributed by atoms with Crippen LogP contribution >= 0.6 is 45.2 Å². The number of nitrogens with zero attached hydrogens (tertiary/aromatic N) is 1. The van der Waals surface area contributed by atoms with Crippen molar-refractivity contribution in [3.05, 3.63) is 43.1 Å². The Kier molecular flexibility index (Phi) is 4.43. The van der Waals surface area contributed by atoms with E-state index in [1.807, 2.05) is 28.7 Å². The number of aromatic amines is 1. The van der Waals surface area contributed by atoms with E-state index in [4.69, 9.17) is 0 Å². The number of halogens is 2. The van der Waals surface area contributed by atoms with Crippen LogP contribution in [-0.2, 0) is 6.54 Å². The number of H-pyrrole nitrogens is 1. The van der Waals surface area contributed by atoms with Crippen LogP contribution in [0.1, 0.15) is 16.1 Å². The maximum atomic E-state index is 12.0. The van der Waals surface area contributed by atoms with Crippen molar-refractivity contribution in [2.75, 3.05) is 0 Å². The Morgan fingerprint density at radius 2 is 2.22 bits per heavy atom. The summed E-state index contributed by atoms with van der Waals surface area (Å²) in [6.45, 7) is 0.348. The minimum absolute atomic E-state index is 0.0122.